The average Bonchev–Trinajstić information content (AvgIpc) is 3.33. The molecule has 2 amide bonds. The second kappa shape index (κ2) is 8.46. The van der Waals surface area contributed by atoms with Crippen LogP contribution < -0.4 is 14.8 Å². The first-order valence-electron chi connectivity index (χ1n) is 10.9. The van der Waals surface area contributed by atoms with Gasteiger partial charge in [0.15, 0.2) is 11.5 Å². The van der Waals surface area contributed by atoms with Gasteiger partial charge in [-0.05, 0) is 49.0 Å². The highest BCUT2D eigenvalue weighted by atomic mass is 16.5. The van der Waals surface area contributed by atoms with Crippen LogP contribution in [0.25, 0.3) is 6.08 Å². The summed E-state index contributed by atoms with van der Waals surface area (Å²) in [6, 6.07) is 14.9. The third-order valence-corrected chi connectivity index (χ3v) is 6.34. The number of hydrogen-bond donors (Lipinski definition) is 1. The molecule has 160 valence electrons. The molecule has 2 heterocycles. The summed E-state index contributed by atoms with van der Waals surface area (Å²) < 4.78 is 11.4. The van der Waals surface area contributed by atoms with Gasteiger partial charge in [0.05, 0.1) is 13.2 Å². The van der Waals surface area contributed by atoms with Gasteiger partial charge in [-0.2, -0.15) is 0 Å². The second-order valence-corrected chi connectivity index (χ2v) is 8.36. The molecule has 3 unspecified atom stereocenters. The normalized spacial score (nSPS) is 24.3. The van der Waals surface area contributed by atoms with Gasteiger partial charge in [-0.25, -0.2) is 0 Å². The van der Waals surface area contributed by atoms with Gasteiger partial charge in [-0.15, -0.1) is 0 Å². The lowest BCUT2D eigenvalue weighted by atomic mass is 9.97. The minimum absolute atomic E-state index is 0.102. The number of carbonyl (C=O) groups is 2. The van der Waals surface area contributed by atoms with Crippen LogP contribution in [-0.2, 0) is 9.59 Å². The highest BCUT2D eigenvalue weighted by molar-refractivity contribution is 6.01. The quantitative estimate of drug-likeness (QED) is 0.766. The van der Waals surface area contributed by atoms with Gasteiger partial charge in [0.25, 0.3) is 0 Å². The van der Waals surface area contributed by atoms with Crippen molar-refractivity contribution in [3.05, 3.63) is 60.2 Å². The molecule has 2 aromatic carbocycles. The molecule has 1 saturated heterocycles. The van der Waals surface area contributed by atoms with Crippen molar-refractivity contribution < 1.29 is 19.1 Å². The Morgan fingerprint density at radius 1 is 1.00 bits per heavy atom. The molecule has 1 aliphatic carbocycles. The average molecular weight is 418 g/mol. The van der Waals surface area contributed by atoms with Gasteiger partial charge in [0, 0.05) is 30.3 Å². The maximum atomic E-state index is 13.2. The van der Waals surface area contributed by atoms with Crippen molar-refractivity contribution in [2.75, 3.05) is 18.5 Å². The zero-order valence-corrected chi connectivity index (χ0v) is 17.3. The predicted octanol–water partition coefficient (Wildman–Crippen LogP) is 3.88. The molecule has 2 aliphatic heterocycles. The van der Waals surface area contributed by atoms with E-state index in [0.29, 0.717) is 30.4 Å². The number of carbonyl (C=O) groups excluding carboxylic acids is 2. The van der Waals surface area contributed by atoms with Crippen molar-refractivity contribution >= 4 is 23.6 Å². The van der Waals surface area contributed by atoms with Crippen molar-refractivity contribution in [2.24, 2.45) is 5.92 Å². The summed E-state index contributed by atoms with van der Waals surface area (Å²) in [6.07, 6.45) is 7.07. The van der Waals surface area contributed by atoms with E-state index in [1.54, 1.807) is 17.0 Å². The van der Waals surface area contributed by atoms with Crippen LogP contribution in [0.15, 0.2) is 54.6 Å². The standard InChI is InChI=1S/C25H26N2O4/c28-23(12-7-17-5-2-1-3-6-17)27-20-10-8-18(15-20)24(27)25(29)26-19-9-11-21-22(16-19)31-14-4-13-30-21/h1-3,5-7,9,11-12,16,18,20,24H,4,8,10,13-15H2,(H,26,29)/b12-7+. The molecule has 31 heavy (non-hydrogen) atoms. The number of nitrogens with one attached hydrogen (secondary N) is 1. The van der Waals surface area contributed by atoms with Crippen molar-refractivity contribution in [1.29, 1.82) is 0 Å². The monoisotopic (exact) mass is 418 g/mol. The van der Waals surface area contributed by atoms with E-state index in [1.807, 2.05) is 48.5 Å². The first kappa shape index (κ1) is 19.7. The number of nitrogens with zero attached hydrogens (tertiary/aromatic N) is 1. The van der Waals surface area contributed by atoms with Gasteiger partial charge in [0.2, 0.25) is 11.8 Å². The summed E-state index contributed by atoms with van der Waals surface area (Å²) >= 11 is 0. The molecule has 6 heteroatoms. The topological polar surface area (TPSA) is 67.9 Å². The number of benzene rings is 2. The molecule has 2 fully saturated rings. The van der Waals surface area contributed by atoms with Crippen LogP contribution in [0, 0.1) is 5.92 Å². The molecule has 5 rings (SSSR count). The number of amides is 2. The molecule has 0 radical (unpaired) electrons. The number of anilines is 1. The van der Waals surface area contributed by atoms with E-state index in [9.17, 15) is 9.59 Å². The Labute approximate surface area is 181 Å². The number of ether oxygens (including phenoxy) is 2. The summed E-state index contributed by atoms with van der Waals surface area (Å²) in [4.78, 5) is 28.0. The smallest absolute Gasteiger partial charge is 0.247 e. The van der Waals surface area contributed by atoms with E-state index < -0.39 is 6.04 Å². The Morgan fingerprint density at radius 3 is 2.65 bits per heavy atom. The molecule has 2 aromatic rings. The Bertz CT molecular complexity index is 1000. The number of rotatable bonds is 4. The number of fused-ring (bicyclic) bond motifs is 3. The molecule has 3 atom stereocenters. The van der Waals surface area contributed by atoms with E-state index >= 15 is 0 Å². The predicted molar refractivity (Wildman–Crippen MR) is 118 cm³/mol. The molecular formula is C25H26N2O4. The third kappa shape index (κ3) is 4.02. The maximum absolute atomic E-state index is 13.2. The van der Waals surface area contributed by atoms with Crippen LogP contribution in [-0.4, -0.2) is 42.0 Å². The largest absolute Gasteiger partial charge is 0.490 e. The van der Waals surface area contributed by atoms with Crippen molar-refractivity contribution in [2.45, 2.75) is 37.8 Å². The number of piperidine rings is 1. The highest BCUT2D eigenvalue weighted by Gasteiger charge is 2.50. The summed E-state index contributed by atoms with van der Waals surface area (Å²) in [7, 11) is 0. The molecule has 0 spiro atoms. The number of hydrogen-bond acceptors (Lipinski definition) is 4. The summed E-state index contributed by atoms with van der Waals surface area (Å²) in [5, 5.41) is 3.01. The van der Waals surface area contributed by atoms with Gasteiger partial charge in [-0.1, -0.05) is 30.3 Å². The zero-order valence-electron chi connectivity index (χ0n) is 17.3. The highest BCUT2D eigenvalue weighted by Crippen LogP contribution is 2.43. The fourth-order valence-corrected chi connectivity index (χ4v) is 4.92. The SMILES string of the molecule is O=C(Nc1ccc2c(c1)OCCCO2)C1C2CCC(C2)N1C(=O)/C=C/c1ccccc1. The third-order valence-electron chi connectivity index (χ3n) is 6.34. The minimum Gasteiger partial charge on any atom is -0.490 e. The summed E-state index contributed by atoms with van der Waals surface area (Å²) in [6.45, 7) is 1.21. The van der Waals surface area contributed by atoms with Gasteiger partial charge >= 0.3 is 0 Å². The van der Waals surface area contributed by atoms with E-state index in [-0.39, 0.29) is 23.8 Å². The van der Waals surface area contributed by atoms with Crippen molar-refractivity contribution in [3.8, 4) is 11.5 Å². The Hall–Kier alpha value is -3.28. The summed E-state index contributed by atoms with van der Waals surface area (Å²) in [5.74, 6) is 1.30. The molecule has 1 saturated carbocycles. The Balaban J connectivity index is 1.32. The van der Waals surface area contributed by atoms with E-state index in [0.717, 1.165) is 31.2 Å². The molecular weight excluding hydrogens is 392 g/mol. The van der Waals surface area contributed by atoms with Crippen LogP contribution in [0.4, 0.5) is 5.69 Å². The molecule has 2 bridgehead atoms. The van der Waals surface area contributed by atoms with Crippen LogP contribution >= 0.6 is 0 Å². The van der Waals surface area contributed by atoms with Crippen LogP contribution in [0.3, 0.4) is 0 Å². The first-order chi connectivity index (χ1) is 15.2. The van der Waals surface area contributed by atoms with Crippen LogP contribution in [0.2, 0.25) is 0 Å². The Morgan fingerprint density at radius 2 is 1.81 bits per heavy atom. The second-order valence-electron chi connectivity index (χ2n) is 8.36. The molecule has 6 nitrogen and oxygen atoms in total. The van der Waals surface area contributed by atoms with E-state index in [4.69, 9.17) is 9.47 Å². The lowest BCUT2D eigenvalue weighted by molar-refractivity contribution is -0.136. The van der Waals surface area contributed by atoms with Crippen LogP contribution in [0.5, 0.6) is 11.5 Å². The summed E-state index contributed by atoms with van der Waals surface area (Å²) in [5.41, 5.74) is 1.62. The van der Waals surface area contributed by atoms with Crippen molar-refractivity contribution in [3.63, 3.8) is 0 Å². The zero-order chi connectivity index (χ0) is 21.2. The van der Waals surface area contributed by atoms with Crippen molar-refractivity contribution in [1.82, 2.24) is 4.90 Å². The molecule has 3 aliphatic rings. The van der Waals surface area contributed by atoms with Gasteiger partial charge in [-0.3, -0.25) is 9.59 Å². The lowest BCUT2D eigenvalue weighted by Crippen LogP contribution is -2.50. The Kier molecular flexibility index (Phi) is 5.37. The fourth-order valence-electron chi connectivity index (χ4n) is 4.92. The van der Waals surface area contributed by atoms with Gasteiger partial charge in [0.1, 0.15) is 6.04 Å². The first-order valence-corrected chi connectivity index (χ1v) is 10.9. The van der Waals surface area contributed by atoms with E-state index in [2.05, 4.69) is 5.32 Å². The maximum Gasteiger partial charge on any atom is 0.247 e. The molecule has 0 aromatic heterocycles. The lowest BCUT2D eigenvalue weighted by Gasteiger charge is -2.33. The molecule has 1 N–H and O–H groups in total. The fraction of sp³-hybridized carbons (Fsp3) is 0.360. The van der Waals surface area contributed by atoms with Crippen LogP contribution in [0.1, 0.15) is 31.2 Å². The van der Waals surface area contributed by atoms with E-state index in [1.165, 1.54) is 0 Å². The number of likely N-dealkylation sites (tertiary alicyclic amines) is 1. The van der Waals surface area contributed by atoms with Gasteiger partial charge < -0.3 is 19.7 Å². The minimum atomic E-state index is -0.442.